The van der Waals surface area contributed by atoms with Gasteiger partial charge in [0, 0.05) is 11.1 Å². The zero-order valence-corrected chi connectivity index (χ0v) is 15.5. The molecular weight excluding hydrogens is 328 g/mol. The van der Waals surface area contributed by atoms with Crippen molar-refractivity contribution in [3.63, 3.8) is 0 Å². The van der Waals surface area contributed by atoms with Crippen molar-refractivity contribution < 1.29 is 14.3 Å². The van der Waals surface area contributed by atoms with Crippen molar-refractivity contribution in [1.82, 2.24) is 5.32 Å². The molecule has 0 spiro atoms. The summed E-state index contributed by atoms with van der Waals surface area (Å²) in [5.74, 6) is -0.0611. The van der Waals surface area contributed by atoms with E-state index in [-0.39, 0.29) is 24.5 Å². The fraction of sp³-hybridized carbons (Fsp3) is 0.333. The van der Waals surface area contributed by atoms with Crippen LogP contribution in [0.3, 0.4) is 0 Å². The largest absolute Gasteiger partial charge is 0.493 e. The number of aryl methyl sites for hydroxylation is 1. The molecule has 2 rings (SSSR count). The van der Waals surface area contributed by atoms with Crippen LogP contribution in [0, 0.1) is 6.92 Å². The topological polar surface area (TPSA) is 81.4 Å². The predicted octanol–water partition coefficient (Wildman–Crippen LogP) is 3.00. The molecule has 5 heteroatoms. The lowest BCUT2D eigenvalue weighted by molar-refractivity contribution is -0.123. The van der Waals surface area contributed by atoms with Gasteiger partial charge in [0.2, 0.25) is 11.8 Å². The van der Waals surface area contributed by atoms with Crippen molar-refractivity contribution in [1.29, 1.82) is 0 Å². The minimum Gasteiger partial charge on any atom is -0.493 e. The lowest BCUT2D eigenvalue weighted by Crippen LogP contribution is -2.45. The number of rotatable bonds is 8. The van der Waals surface area contributed by atoms with Gasteiger partial charge in [0.1, 0.15) is 5.75 Å². The first-order chi connectivity index (χ1) is 12.3. The quantitative estimate of drug-likeness (QED) is 0.764. The Balaban J connectivity index is 1.83. The normalized spacial score (nSPS) is 11.0. The highest BCUT2D eigenvalue weighted by Crippen LogP contribution is 2.17. The van der Waals surface area contributed by atoms with Crippen LogP contribution in [-0.4, -0.2) is 24.0 Å². The minimum absolute atomic E-state index is 0.0744. The van der Waals surface area contributed by atoms with Crippen LogP contribution >= 0.6 is 0 Å². The SMILES string of the molecule is Cc1ccccc1CC(C)(C)NC(=O)CCOc1cccc(C(N)=O)c1. The number of hydrogen-bond acceptors (Lipinski definition) is 3. The van der Waals surface area contributed by atoms with Gasteiger partial charge >= 0.3 is 0 Å². The lowest BCUT2D eigenvalue weighted by atomic mass is 9.92. The summed E-state index contributed by atoms with van der Waals surface area (Å²) in [5, 5.41) is 3.05. The highest BCUT2D eigenvalue weighted by atomic mass is 16.5. The Morgan fingerprint density at radius 3 is 2.54 bits per heavy atom. The van der Waals surface area contributed by atoms with Crippen LogP contribution in [0.15, 0.2) is 48.5 Å². The number of ether oxygens (including phenoxy) is 1. The third-order valence-corrected chi connectivity index (χ3v) is 4.09. The van der Waals surface area contributed by atoms with Gasteiger partial charge in [-0.1, -0.05) is 30.3 Å². The van der Waals surface area contributed by atoms with Crippen LogP contribution in [0.25, 0.3) is 0 Å². The molecule has 0 saturated heterocycles. The molecule has 0 aliphatic carbocycles. The molecule has 2 aromatic rings. The zero-order valence-electron chi connectivity index (χ0n) is 15.5. The second kappa shape index (κ2) is 8.52. The molecule has 138 valence electrons. The number of benzene rings is 2. The maximum atomic E-state index is 12.2. The first-order valence-corrected chi connectivity index (χ1v) is 8.65. The van der Waals surface area contributed by atoms with E-state index in [4.69, 9.17) is 10.5 Å². The van der Waals surface area contributed by atoms with E-state index in [1.807, 2.05) is 26.0 Å². The predicted molar refractivity (Wildman–Crippen MR) is 102 cm³/mol. The molecule has 3 N–H and O–H groups in total. The Labute approximate surface area is 154 Å². The lowest BCUT2D eigenvalue weighted by Gasteiger charge is -2.27. The van der Waals surface area contributed by atoms with E-state index in [1.54, 1.807) is 24.3 Å². The molecule has 0 saturated carbocycles. The number of amides is 2. The fourth-order valence-corrected chi connectivity index (χ4v) is 2.77. The highest BCUT2D eigenvalue weighted by Gasteiger charge is 2.21. The molecule has 26 heavy (non-hydrogen) atoms. The van der Waals surface area contributed by atoms with E-state index >= 15 is 0 Å². The first-order valence-electron chi connectivity index (χ1n) is 8.65. The number of carbonyl (C=O) groups excluding carboxylic acids is 2. The Hall–Kier alpha value is -2.82. The van der Waals surface area contributed by atoms with Gasteiger partial charge in [-0.05, 0) is 56.5 Å². The Morgan fingerprint density at radius 2 is 1.85 bits per heavy atom. The summed E-state index contributed by atoms with van der Waals surface area (Å²) < 4.78 is 5.55. The third kappa shape index (κ3) is 5.92. The van der Waals surface area contributed by atoms with Gasteiger partial charge in [0.15, 0.2) is 0 Å². The van der Waals surface area contributed by atoms with E-state index in [1.165, 1.54) is 11.1 Å². The van der Waals surface area contributed by atoms with Crippen LogP contribution in [0.1, 0.15) is 41.8 Å². The summed E-state index contributed by atoms with van der Waals surface area (Å²) >= 11 is 0. The molecule has 0 heterocycles. The average molecular weight is 354 g/mol. The second-order valence-corrected chi connectivity index (χ2v) is 7.03. The molecule has 0 bridgehead atoms. The molecule has 5 nitrogen and oxygen atoms in total. The maximum Gasteiger partial charge on any atom is 0.248 e. The Morgan fingerprint density at radius 1 is 1.12 bits per heavy atom. The fourth-order valence-electron chi connectivity index (χ4n) is 2.77. The summed E-state index contributed by atoms with van der Waals surface area (Å²) in [7, 11) is 0. The van der Waals surface area contributed by atoms with Crippen molar-refractivity contribution in [2.24, 2.45) is 5.73 Å². The summed E-state index contributed by atoms with van der Waals surface area (Å²) in [6, 6.07) is 14.8. The van der Waals surface area contributed by atoms with Crippen LogP contribution in [0.2, 0.25) is 0 Å². The van der Waals surface area contributed by atoms with Gasteiger partial charge in [-0.25, -0.2) is 0 Å². The number of primary amides is 1. The summed E-state index contributed by atoms with van der Waals surface area (Å²) in [4.78, 5) is 23.4. The molecule has 0 aliphatic heterocycles. The molecule has 0 aliphatic rings. The number of carbonyl (C=O) groups is 2. The van der Waals surface area contributed by atoms with Crippen LogP contribution in [-0.2, 0) is 11.2 Å². The van der Waals surface area contributed by atoms with E-state index < -0.39 is 5.91 Å². The first kappa shape index (κ1) is 19.5. The maximum absolute atomic E-state index is 12.2. The van der Waals surface area contributed by atoms with Crippen molar-refractivity contribution in [3.8, 4) is 5.75 Å². The Kier molecular flexibility index (Phi) is 6.39. The zero-order chi connectivity index (χ0) is 19.2. The van der Waals surface area contributed by atoms with Crippen molar-refractivity contribution in [2.75, 3.05) is 6.61 Å². The van der Waals surface area contributed by atoms with Crippen molar-refractivity contribution in [2.45, 2.75) is 39.2 Å². The highest BCUT2D eigenvalue weighted by molar-refractivity contribution is 5.93. The Bertz CT molecular complexity index is 784. The number of nitrogens with two attached hydrogens (primary N) is 1. The smallest absolute Gasteiger partial charge is 0.248 e. The molecule has 0 aromatic heterocycles. The molecule has 2 aromatic carbocycles. The van der Waals surface area contributed by atoms with Gasteiger partial charge in [0.25, 0.3) is 0 Å². The molecule has 0 radical (unpaired) electrons. The third-order valence-electron chi connectivity index (χ3n) is 4.09. The van der Waals surface area contributed by atoms with Gasteiger partial charge in [-0.3, -0.25) is 9.59 Å². The van der Waals surface area contributed by atoms with Gasteiger partial charge in [-0.2, -0.15) is 0 Å². The standard InChI is InChI=1S/C21H26N2O3/c1-15-7-4-5-8-17(15)14-21(2,3)23-19(24)11-12-26-18-10-6-9-16(13-18)20(22)25/h4-10,13H,11-12,14H2,1-3H3,(H2,22,25)(H,23,24). The summed E-state index contributed by atoms with van der Waals surface area (Å²) in [6.07, 6.45) is 0.991. The van der Waals surface area contributed by atoms with E-state index in [2.05, 4.69) is 24.4 Å². The van der Waals surface area contributed by atoms with Crippen LogP contribution < -0.4 is 15.8 Å². The molecular formula is C21H26N2O3. The van der Waals surface area contributed by atoms with Gasteiger partial charge in [0.05, 0.1) is 13.0 Å². The molecule has 0 atom stereocenters. The van der Waals surface area contributed by atoms with Gasteiger partial charge in [-0.15, -0.1) is 0 Å². The molecule has 0 unspecified atom stereocenters. The van der Waals surface area contributed by atoms with Gasteiger partial charge < -0.3 is 15.8 Å². The van der Waals surface area contributed by atoms with Crippen LogP contribution in [0.5, 0.6) is 5.75 Å². The van der Waals surface area contributed by atoms with E-state index in [0.717, 1.165) is 6.42 Å². The van der Waals surface area contributed by atoms with Crippen molar-refractivity contribution in [3.05, 3.63) is 65.2 Å². The monoisotopic (exact) mass is 354 g/mol. The van der Waals surface area contributed by atoms with E-state index in [0.29, 0.717) is 11.3 Å². The minimum atomic E-state index is -0.508. The number of hydrogen-bond donors (Lipinski definition) is 2. The molecule has 0 fully saturated rings. The average Bonchev–Trinajstić information content (AvgIpc) is 2.56. The number of nitrogens with one attached hydrogen (secondary N) is 1. The summed E-state index contributed by atoms with van der Waals surface area (Å²) in [6.45, 7) is 6.32. The van der Waals surface area contributed by atoms with Crippen LogP contribution in [0.4, 0.5) is 0 Å². The second-order valence-electron chi connectivity index (χ2n) is 7.03. The summed E-state index contributed by atoms with van der Waals surface area (Å²) in [5.41, 5.74) is 7.71. The van der Waals surface area contributed by atoms with Crippen molar-refractivity contribution >= 4 is 11.8 Å². The molecule has 2 amide bonds. The van der Waals surface area contributed by atoms with E-state index in [9.17, 15) is 9.59 Å².